The first-order valence-electron chi connectivity index (χ1n) is 9.47. The number of Topliss-reactive ketones (excluding diaryl/α,β-unsaturated/α-hetero) is 1. The quantitative estimate of drug-likeness (QED) is 0.450. The summed E-state index contributed by atoms with van der Waals surface area (Å²) in [6.45, 7) is 5.03. The van der Waals surface area contributed by atoms with E-state index in [4.69, 9.17) is 4.74 Å². The Morgan fingerprint density at radius 3 is 2.71 bits per heavy atom. The summed E-state index contributed by atoms with van der Waals surface area (Å²) in [6.07, 6.45) is 0.0181. The number of morpholine rings is 1. The molecule has 2 aromatic rings. The zero-order valence-corrected chi connectivity index (χ0v) is 15.8. The van der Waals surface area contributed by atoms with Crippen LogP contribution in [0.2, 0.25) is 0 Å². The van der Waals surface area contributed by atoms with Crippen molar-refractivity contribution in [3.05, 3.63) is 69.8 Å². The van der Waals surface area contributed by atoms with Gasteiger partial charge in [-0.15, -0.1) is 0 Å². The number of anilines is 1. The number of carbonyl (C=O) groups excluding carboxylic acids is 1. The lowest BCUT2D eigenvalue weighted by atomic mass is 10.1. The molecule has 2 fully saturated rings. The van der Waals surface area contributed by atoms with E-state index in [-0.39, 0.29) is 23.6 Å². The zero-order chi connectivity index (χ0) is 19.7. The van der Waals surface area contributed by atoms with Crippen molar-refractivity contribution in [2.45, 2.75) is 25.6 Å². The van der Waals surface area contributed by atoms with E-state index in [0.29, 0.717) is 30.9 Å². The molecule has 0 saturated carbocycles. The molecule has 0 N–H and O–H groups in total. The summed E-state index contributed by atoms with van der Waals surface area (Å²) in [5.74, 6) is -0.179. The third-order valence-electron chi connectivity index (χ3n) is 5.56. The fourth-order valence-corrected chi connectivity index (χ4v) is 4.13. The molecule has 2 unspecified atom stereocenters. The average Bonchev–Trinajstić information content (AvgIpc) is 3.13. The first kappa shape index (κ1) is 18.6. The van der Waals surface area contributed by atoms with Gasteiger partial charge in [0.25, 0.3) is 5.69 Å². The molecule has 2 aliphatic rings. The van der Waals surface area contributed by atoms with E-state index in [9.17, 15) is 14.9 Å². The smallest absolute Gasteiger partial charge is 0.293 e. The molecule has 28 heavy (non-hydrogen) atoms. The first-order chi connectivity index (χ1) is 13.5. The van der Waals surface area contributed by atoms with Crippen LogP contribution in [0.1, 0.15) is 22.8 Å². The summed E-state index contributed by atoms with van der Waals surface area (Å²) in [6, 6.07) is 15.2. The number of ether oxygens (including phenoxy) is 1. The number of nitrogens with zero attached hydrogens (tertiary/aromatic N) is 3. The second-order valence-electron chi connectivity index (χ2n) is 7.35. The minimum absolute atomic E-state index is 0.0181. The largest absolute Gasteiger partial charge is 0.373 e. The molecule has 7 heteroatoms. The molecule has 2 atom stereocenters. The Morgan fingerprint density at radius 2 is 2.00 bits per heavy atom. The zero-order valence-electron chi connectivity index (χ0n) is 15.8. The van der Waals surface area contributed by atoms with Crippen LogP contribution in [0.15, 0.2) is 48.5 Å². The molecule has 2 heterocycles. The molecule has 2 aliphatic heterocycles. The topological polar surface area (TPSA) is 75.9 Å². The van der Waals surface area contributed by atoms with Crippen LogP contribution in [0.4, 0.5) is 11.4 Å². The SMILES string of the molecule is CC(=O)c1ccc(N2CC3OCCN(Cc4ccccc4)C3C2)c([N+](=O)[O-])c1. The van der Waals surface area contributed by atoms with Gasteiger partial charge in [0.2, 0.25) is 0 Å². The molecule has 2 aromatic carbocycles. The van der Waals surface area contributed by atoms with Crippen molar-refractivity contribution in [1.82, 2.24) is 4.90 Å². The third-order valence-corrected chi connectivity index (χ3v) is 5.56. The van der Waals surface area contributed by atoms with Crippen molar-refractivity contribution in [3.63, 3.8) is 0 Å². The predicted octanol–water partition coefficient (Wildman–Crippen LogP) is 2.89. The van der Waals surface area contributed by atoms with E-state index >= 15 is 0 Å². The van der Waals surface area contributed by atoms with E-state index in [1.165, 1.54) is 18.6 Å². The predicted molar refractivity (Wildman–Crippen MR) is 106 cm³/mol. The highest BCUT2D eigenvalue weighted by Gasteiger charge is 2.41. The second-order valence-corrected chi connectivity index (χ2v) is 7.35. The van der Waals surface area contributed by atoms with E-state index in [2.05, 4.69) is 17.0 Å². The van der Waals surface area contributed by atoms with E-state index in [1.807, 2.05) is 23.1 Å². The number of benzene rings is 2. The molecule has 0 bridgehead atoms. The number of rotatable bonds is 5. The summed E-state index contributed by atoms with van der Waals surface area (Å²) in [7, 11) is 0. The molecule has 0 radical (unpaired) electrons. The summed E-state index contributed by atoms with van der Waals surface area (Å²) in [5.41, 5.74) is 2.13. The van der Waals surface area contributed by atoms with Crippen LogP contribution in [0.3, 0.4) is 0 Å². The van der Waals surface area contributed by atoms with Gasteiger partial charge in [-0.1, -0.05) is 30.3 Å². The number of fused-ring (bicyclic) bond motifs is 1. The van der Waals surface area contributed by atoms with Gasteiger partial charge < -0.3 is 9.64 Å². The molecule has 7 nitrogen and oxygen atoms in total. The van der Waals surface area contributed by atoms with Gasteiger partial charge in [0.05, 0.1) is 23.7 Å². The van der Waals surface area contributed by atoms with Crippen LogP contribution in [0.5, 0.6) is 0 Å². The minimum atomic E-state index is -0.410. The van der Waals surface area contributed by atoms with Gasteiger partial charge in [0, 0.05) is 37.8 Å². The summed E-state index contributed by atoms with van der Waals surface area (Å²) >= 11 is 0. The highest BCUT2D eigenvalue weighted by molar-refractivity contribution is 5.95. The van der Waals surface area contributed by atoms with Crippen LogP contribution in [-0.2, 0) is 11.3 Å². The van der Waals surface area contributed by atoms with Crippen molar-refractivity contribution in [1.29, 1.82) is 0 Å². The monoisotopic (exact) mass is 381 g/mol. The van der Waals surface area contributed by atoms with Crippen molar-refractivity contribution < 1.29 is 14.5 Å². The van der Waals surface area contributed by atoms with Crippen molar-refractivity contribution >= 4 is 17.2 Å². The molecular formula is C21H23N3O4. The lowest BCUT2D eigenvalue weighted by Gasteiger charge is -2.36. The van der Waals surface area contributed by atoms with Gasteiger partial charge in [0.15, 0.2) is 5.78 Å². The fraction of sp³-hybridized carbons (Fsp3) is 0.381. The van der Waals surface area contributed by atoms with Crippen LogP contribution in [-0.4, -0.2) is 54.0 Å². The maximum absolute atomic E-state index is 11.6. The number of ketones is 1. The Labute approximate surface area is 163 Å². The van der Waals surface area contributed by atoms with Crippen LogP contribution >= 0.6 is 0 Å². The lowest BCUT2D eigenvalue weighted by Crippen LogP contribution is -2.50. The number of carbonyl (C=O) groups is 1. The normalized spacial score (nSPS) is 22.1. The summed E-state index contributed by atoms with van der Waals surface area (Å²) < 4.78 is 5.98. The average molecular weight is 381 g/mol. The molecule has 0 amide bonds. The number of nitro groups is 1. The Hall–Kier alpha value is -2.77. The summed E-state index contributed by atoms with van der Waals surface area (Å²) in [4.78, 5) is 27.2. The van der Waals surface area contributed by atoms with Gasteiger partial charge in [-0.2, -0.15) is 0 Å². The van der Waals surface area contributed by atoms with E-state index in [1.54, 1.807) is 12.1 Å². The van der Waals surface area contributed by atoms with E-state index in [0.717, 1.165) is 13.1 Å². The van der Waals surface area contributed by atoms with Crippen LogP contribution < -0.4 is 4.90 Å². The van der Waals surface area contributed by atoms with Gasteiger partial charge in [0.1, 0.15) is 5.69 Å². The van der Waals surface area contributed by atoms with Crippen molar-refractivity contribution in [3.8, 4) is 0 Å². The minimum Gasteiger partial charge on any atom is -0.373 e. The number of nitro benzene ring substituents is 1. The van der Waals surface area contributed by atoms with Crippen LogP contribution in [0.25, 0.3) is 0 Å². The number of hydrogen-bond donors (Lipinski definition) is 0. The lowest BCUT2D eigenvalue weighted by molar-refractivity contribution is -0.384. The molecule has 0 aromatic heterocycles. The number of hydrogen-bond acceptors (Lipinski definition) is 6. The van der Waals surface area contributed by atoms with E-state index < -0.39 is 4.92 Å². The maximum Gasteiger partial charge on any atom is 0.293 e. The molecule has 4 rings (SSSR count). The standard InChI is InChI=1S/C21H23N3O4/c1-15(25)17-7-8-18(19(11-17)24(26)27)23-13-20-21(14-23)28-10-9-22(20)12-16-5-3-2-4-6-16/h2-8,11,20-21H,9-10,12-14H2,1H3. The molecular weight excluding hydrogens is 358 g/mol. The fourth-order valence-electron chi connectivity index (χ4n) is 4.13. The highest BCUT2D eigenvalue weighted by Crippen LogP contribution is 2.34. The molecule has 2 saturated heterocycles. The summed E-state index contributed by atoms with van der Waals surface area (Å²) in [5, 5.41) is 11.6. The Kier molecular flexibility index (Phi) is 5.11. The second kappa shape index (κ2) is 7.69. The first-order valence-corrected chi connectivity index (χ1v) is 9.47. The highest BCUT2D eigenvalue weighted by atomic mass is 16.6. The van der Waals surface area contributed by atoms with Crippen LogP contribution in [0, 0.1) is 10.1 Å². The van der Waals surface area contributed by atoms with Crippen molar-refractivity contribution in [2.24, 2.45) is 0 Å². The van der Waals surface area contributed by atoms with Gasteiger partial charge in [-0.3, -0.25) is 19.8 Å². The van der Waals surface area contributed by atoms with Crippen molar-refractivity contribution in [2.75, 3.05) is 31.1 Å². The third kappa shape index (κ3) is 3.63. The molecule has 146 valence electrons. The van der Waals surface area contributed by atoms with Gasteiger partial charge in [-0.25, -0.2) is 0 Å². The van der Waals surface area contributed by atoms with Gasteiger partial charge in [-0.05, 0) is 24.6 Å². The Morgan fingerprint density at radius 1 is 1.21 bits per heavy atom. The molecule has 0 aliphatic carbocycles. The maximum atomic E-state index is 11.6. The molecule has 0 spiro atoms. The Bertz CT molecular complexity index is 886. The Balaban J connectivity index is 1.57. The van der Waals surface area contributed by atoms with Gasteiger partial charge >= 0.3 is 0 Å².